The summed E-state index contributed by atoms with van der Waals surface area (Å²) in [6.45, 7) is 0. The maximum atomic E-state index is 11.3. The Morgan fingerprint density at radius 3 is 1.92 bits per heavy atom. The van der Waals surface area contributed by atoms with Crippen LogP contribution in [0, 0.1) is 0 Å². The zero-order valence-corrected chi connectivity index (χ0v) is 9.20. The van der Waals surface area contributed by atoms with Gasteiger partial charge >= 0.3 is 35.7 Å². The fraction of sp³-hybridized carbons (Fsp3) is 1.00. The van der Waals surface area contributed by atoms with E-state index in [-0.39, 0.29) is 29.6 Å². The van der Waals surface area contributed by atoms with Gasteiger partial charge < -0.3 is 4.55 Å². The number of hydrogen-bond acceptors (Lipinski definition) is 3. The van der Waals surface area contributed by atoms with Gasteiger partial charge in [0.1, 0.15) is 0 Å². The normalized spacial score (nSPS) is 12.3. The summed E-state index contributed by atoms with van der Waals surface area (Å²) in [5.41, 5.74) is 0. The predicted octanol–water partition coefficient (Wildman–Crippen LogP) is -2.12. The molecule has 0 atom stereocenters. The van der Waals surface area contributed by atoms with Gasteiger partial charge in [0.15, 0.2) is 0 Å². The van der Waals surface area contributed by atoms with Crippen molar-refractivity contribution in [3.63, 3.8) is 0 Å². The molecule has 0 aromatic rings. The van der Waals surface area contributed by atoms with Gasteiger partial charge in [-0.15, -0.1) is 0 Å². The SMILES string of the molecule is O=S(=O)([O-])CCCC(F)(F)F.[Na+]. The first kappa shape index (κ1) is 15.2. The van der Waals surface area contributed by atoms with Crippen molar-refractivity contribution < 1.29 is 55.7 Å². The molecule has 0 rings (SSSR count). The van der Waals surface area contributed by atoms with Crippen LogP contribution in [0.4, 0.5) is 13.2 Å². The van der Waals surface area contributed by atoms with E-state index in [0.29, 0.717) is 0 Å². The second-order valence-electron chi connectivity index (χ2n) is 1.98. The molecule has 0 heterocycles. The fourth-order valence-corrected chi connectivity index (χ4v) is 0.947. The van der Waals surface area contributed by atoms with Crippen molar-refractivity contribution in [3.8, 4) is 0 Å². The van der Waals surface area contributed by atoms with Crippen molar-refractivity contribution in [1.82, 2.24) is 0 Å². The molecule has 0 amide bonds. The molecule has 3 nitrogen and oxygen atoms in total. The molecule has 0 aromatic heterocycles. The first-order valence-electron chi connectivity index (χ1n) is 2.71. The van der Waals surface area contributed by atoms with Crippen LogP contribution >= 0.6 is 0 Å². The first-order valence-corrected chi connectivity index (χ1v) is 4.29. The molecule has 0 bridgehead atoms. The maximum Gasteiger partial charge on any atom is 1.00 e. The largest absolute Gasteiger partial charge is 1.00 e. The van der Waals surface area contributed by atoms with Crippen LogP contribution in [-0.4, -0.2) is 24.9 Å². The zero-order valence-electron chi connectivity index (χ0n) is 6.39. The first-order chi connectivity index (χ1) is 4.71. The van der Waals surface area contributed by atoms with Crippen molar-refractivity contribution in [2.75, 3.05) is 5.75 Å². The monoisotopic (exact) mass is 214 g/mol. The van der Waals surface area contributed by atoms with E-state index in [1.807, 2.05) is 0 Å². The molecule has 0 saturated heterocycles. The molecule has 0 aliphatic heterocycles. The van der Waals surface area contributed by atoms with E-state index in [9.17, 15) is 26.1 Å². The van der Waals surface area contributed by atoms with E-state index in [1.165, 1.54) is 0 Å². The molecule has 0 fully saturated rings. The van der Waals surface area contributed by atoms with Gasteiger partial charge in [0.2, 0.25) is 0 Å². The molecule has 0 aliphatic rings. The molecule has 8 heteroatoms. The zero-order chi connectivity index (χ0) is 9.12. The molecule has 68 valence electrons. The van der Waals surface area contributed by atoms with Crippen LogP contribution in [0.5, 0.6) is 0 Å². The topological polar surface area (TPSA) is 57.2 Å². The van der Waals surface area contributed by atoms with Gasteiger partial charge in [-0.1, -0.05) is 0 Å². The van der Waals surface area contributed by atoms with E-state index >= 15 is 0 Å². The van der Waals surface area contributed by atoms with E-state index < -0.39 is 34.9 Å². The molecule has 12 heavy (non-hydrogen) atoms. The Balaban J connectivity index is 0. The number of hydrogen-bond donors (Lipinski definition) is 0. The standard InChI is InChI=1S/C4H7F3O3S.Na/c5-4(6,7)2-1-3-11(8,9)10;/h1-3H2,(H,8,9,10);/q;+1/p-1. The van der Waals surface area contributed by atoms with Crippen LogP contribution in [0.3, 0.4) is 0 Å². The molecular formula is C4H6F3NaO3S. The smallest absolute Gasteiger partial charge is 0.748 e. The summed E-state index contributed by atoms with van der Waals surface area (Å²) in [4.78, 5) is 0. The molecule has 0 saturated carbocycles. The Kier molecular flexibility index (Phi) is 6.88. The Morgan fingerprint density at radius 1 is 1.25 bits per heavy atom. The Morgan fingerprint density at radius 2 is 1.67 bits per heavy atom. The van der Waals surface area contributed by atoms with Gasteiger partial charge in [-0.2, -0.15) is 13.2 Å². The van der Waals surface area contributed by atoms with Gasteiger partial charge in [-0.25, -0.2) is 8.42 Å². The van der Waals surface area contributed by atoms with Crippen molar-refractivity contribution in [1.29, 1.82) is 0 Å². The van der Waals surface area contributed by atoms with Gasteiger partial charge in [-0.05, 0) is 6.42 Å². The third-order valence-electron chi connectivity index (χ3n) is 0.855. The van der Waals surface area contributed by atoms with Gasteiger partial charge in [0.05, 0.1) is 10.1 Å². The minimum Gasteiger partial charge on any atom is -0.748 e. The van der Waals surface area contributed by atoms with Crippen LogP contribution in [0.2, 0.25) is 0 Å². The van der Waals surface area contributed by atoms with Crippen LogP contribution in [-0.2, 0) is 10.1 Å². The molecule has 0 unspecified atom stereocenters. The number of rotatable bonds is 3. The van der Waals surface area contributed by atoms with Crippen molar-refractivity contribution in [2.24, 2.45) is 0 Å². The van der Waals surface area contributed by atoms with Gasteiger partial charge in [0.25, 0.3) is 0 Å². The van der Waals surface area contributed by atoms with Crippen LogP contribution < -0.4 is 29.6 Å². The maximum absolute atomic E-state index is 11.3. The summed E-state index contributed by atoms with van der Waals surface area (Å²) in [6, 6.07) is 0. The van der Waals surface area contributed by atoms with Crippen molar-refractivity contribution in [2.45, 2.75) is 19.0 Å². The summed E-state index contributed by atoms with van der Waals surface area (Å²) in [5, 5.41) is 0. The second-order valence-corrected chi connectivity index (χ2v) is 3.50. The molecule has 0 radical (unpaired) electrons. The van der Waals surface area contributed by atoms with E-state index in [4.69, 9.17) is 0 Å². The molecular weight excluding hydrogens is 208 g/mol. The third kappa shape index (κ3) is 13.3. The van der Waals surface area contributed by atoms with Gasteiger partial charge in [0, 0.05) is 12.2 Å². The van der Waals surface area contributed by atoms with Crippen LogP contribution in [0.15, 0.2) is 0 Å². The second kappa shape index (κ2) is 5.43. The minimum absolute atomic E-state index is 0. The third-order valence-corrected chi connectivity index (χ3v) is 1.64. The summed E-state index contributed by atoms with van der Waals surface area (Å²) < 4.78 is 63.4. The summed E-state index contributed by atoms with van der Waals surface area (Å²) in [6.07, 6.45) is -6.27. The average Bonchev–Trinajstić information content (AvgIpc) is 1.55. The van der Waals surface area contributed by atoms with Crippen molar-refractivity contribution >= 4 is 10.1 Å². The predicted molar refractivity (Wildman–Crippen MR) is 29.9 cm³/mol. The Labute approximate surface area is 90.4 Å². The van der Waals surface area contributed by atoms with E-state index in [0.717, 1.165) is 0 Å². The molecule has 0 spiro atoms. The number of alkyl halides is 3. The number of halogens is 3. The summed E-state index contributed by atoms with van der Waals surface area (Å²) in [7, 11) is -4.50. The van der Waals surface area contributed by atoms with Gasteiger partial charge in [-0.3, -0.25) is 0 Å². The quantitative estimate of drug-likeness (QED) is 0.398. The van der Waals surface area contributed by atoms with Crippen molar-refractivity contribution in [3.05, 3.63) is 0 Å². The minimum atomic E-state index is -4.50. The summed E-state index contributed by atoms with van der Waals surface area (Å²) >= 11 is 0. The Bertz CT molecular complexity index is 210. The average molecular weight is 214 g/mol. The molecule has 0 aromatic carbocycles. The van der Waals surface area contributed by atoms with E-state index in [2.05, 4.69) is 0 Å². The van der Waals surface area contributed by atoms with E-state index in [1.54, 1.807) is 0 Å². The molecule has 0 aliphatic carbocycles. The fourth-order valence-electron chi connectivity index (χ4n) is 0.449. The summed E-state index contributed by atoms with van der Waals surface area (Å²) in [5.74, 6) is -0.952. The Hall–Kier alpha value is 0.700. The van der Waals surface area contributed by atoms with Crippen LogP contribution in [0.25, 0.3) is 0 Å². The molecule has 0 N–H and O–H groups in total. The van der Waals surface area contributed by atoms with Crippen LogP contribution in [0.1, 0.15) is 12.8 Å².